The average Bonchev–Trinajstić information content (AvgIpc) is 2.62. The predicted octanol–water partition coefficient (Wildman–Crippen LogP) is 5.20. The average molecular weight is 319 g/mol. The van der Waals surface area contributed by atoms with Gasteiger partial charge < -0.3 is 9.47 Å². The Bertz CT molecular complexity index is 850. The first-order valence-electron chi connectivity index (χ1n) is 8.23. The number of hydrogen-bond donors (Lipinski definition) is 0. The summed E-state index contributed by atoms with van der Waals surface area (Å²) in [6.07, 6.45) is 6.03. The Balaban J connectivity index is 1.92. The van der Waals surface area contributed by atoms with Gasteiger partial charge >= 0.3 is 0 Å². The van der Waals surface area contributed by atoms with Crippen LogP contribution in [0.5, 0.6) is 11.5 Å². The number of fused-ring (bicyclic) bond motifs is 1. The fraction of sp³-hybridized carbons (Fsp3) is 0.190. The Morgan fingerprint density at radius 2 is 1.67 bits per heavy atom. The molecule has 0 fully saturated rings. The Morgan fingerprint density at radius 3 is 2.50 bits per heavy atom. The number of pyridine rings is 1. The number of nitrogens with zero attached hydrogens (tertiary/aromatic N) is 1. The van der Waals surface area contributed by atoms with E-state index in [0.717, 1.165) is 33.5 Å². The van der Waals surface area contributed by atoms with E-state index in [-0.39, 0.29) is 0 Å². The second-order valence-electron chi connectivity index (χ2n) is 5.32. The van der Waals surface area contributed by atoms with Crippen LogP contribution in [0.3, 0.4) is 0 Å². The summed E-state index contributed by atoms with van der Waals surface area (Å²) >= 11 is 0. The van der Waals surface area contributed by atoms with Gasteiger partial charge in [-0.2, -0.15) is 0 Å². The minimum Gasteiger partial charge on any atom is -0.490 e. The van der Waals surface area contributed by atoms with Gasteiger partial charge in [0.2, 0.25) is 0 Å². The zero-order valence-electron chi connectivity index (χ0n) is 14.0. The summed E-state index contributed by atoms with van der Waals surface area (Å²) in [4.78, 5) is 4.40. The number of rotatable bonds is 6. The normalized spacial score (nSPS) is 11.1. The van der Waals surface area contributed by atoms with Gasteiger partial charge in [-0.05, 0) is 49.2 Å². The van der Waals surface area contributed by atoms with Gasteiger partial charge in [0.1, 0.15) is 0 Å². The standard InChI is InChI=1S/C21H21NO2/c1-3-23-20-12-10-16(15-21(20)24-4-2)9-11-17-13-14-22-19-8-6-5-7-18(17)19/h5-15H,3-4H2,1-2H3/b11-9+. The molecule has 0 unspecified atom stereocenters. The summed E-state index contributed by atoms with van der Waals surface area (Å²) in [5.41, 5.74) is 3.22. The number of ether oxygens (including phenoxy) is 2. The quantitative estimate of drug-likeness (QED) is 0.625. The molecule has 0 saturated carbocycles. The highest BCUT2D eigenvalue weighted by Crippen LogP contribution is 2.29. The van der Waals surface area contributed by atoms with Crippen molar-refractivity contribution in [2.45, 2.75) is 13.8 Å². The van der Waals surface area contributed by atoms with E-state index >= 15 is 0 Å². The van der Waals surface area contributed by atoms with Crippen molar-refractivity contribution < 1.29 is 9.47 Å². The Labute approximate surface area is 142 Å². The molecule has 122 valence electrons. The molecule has 1 heterocycles. The van der Waals surface area contributed by atoms with Crippen molar-refractivity contribution in [1.82, 2.24) is 4.98 Å². The van der Waals surface area contributed by atoms with Gasteiger partial charge in [-0.1, -0.05) is 36.4 Å². The number of para-hydroxylation sites is 1. The van der Waals surface area contributed by atoms with Crippen molar-refractivity contribution in [2.75, 3.05) is 13.2 Å². The molecule has 3 heteroatoms. The van der Waals surface area contributed by atoms with Crippen LogP contribution < -0.4 is 9.47 Å². The molecular formula is C21H21NO2. The summed E-state index contributed by atoms with van der Waals surface area (Å²) in [5.74, 6) is 1.56. The first-order chi connectivity index (χ1) is 11.8. The van der Waals surface area contributed by atoms with Crippen molar-refractivity contribution in [3.63, 3.8) is 0 Å². The van der Waals surface area contributed by atoms with E-state index in [1.807, 2.05) is 62.5 Å². The molecule has 3 rings (SSSR count). The number of aromatic nitrogens is 1. The Morgan fingerprint density at radius 1 is 0.875 bits per heavy atom. The maximum absolute atomic E-state index is 5.68. The van der Waals surface area contributed by atoms with Gasteiger partial charge in [0.15, 0.2) is 11.5 Å². The van der Waals surface area contributed by atoms with E-state index in [0.29, 0.717) is 13.2 Å². The number of hydrogen-bond acceptors (Lipinski definition) is 3. The second kappa shape index (κ2) is 7.64. The highest BCUT2D eigenvalue weighted by Gasteiger charge is 2.05. The molecule has 0 saturated heterocycles. The minimum absolute atomic E-state index is 0.613. The third-order valence-corrected chi connectivity index (χ3v) is 3.71. The summed E-state index contributed by atoms with van der Waals surface area (Å²) in [6, 6.07) is 16.2. The van der Waals surface area contributed by atoms with Crippen molar-refractivity contribution in [3.8, 4) is 11.5 Å². The van der Waals surface area contributed by atoms with Crippen molar-refractivity contribution in [2.24, 2.45) is 0 Å². The molecular weight excluding hydrogens is 298 g/mol. The van der Waals surface area contributed by atoms with Crippen LogP contribution in [0.25, 0.3) is 23.1 Å². The summed E-state index contributed by atoms with van der Waals surface area (Å²) in [6.45, 7) is 5.18. The SMILES string of the molecule is CCOc1ccc(/C=C/c2ccnc3ccccc23)cc1OCC. The van der Waals surface area contributed by atoms with Crippen LogP contribution in [0.2, 0.25) is 0 Å². The van der Waals surface area contributed by atoms with Crippen LogP contribution >= 0.6 is 0 Å². The monoisotopic (exact) mass is 319 g/mol. The molecule has 0 N–H and O–H groups in total. The lowest BCUT2D eigenvalue weighted by Gasteiger charge is -2.11. The largest absolute Gasteiger partial charge is 0.490 e. The smallest absolute Gasteiger partial charge is 0.161 e. The van der Waals surface area contributed by atoms with Crippen molar-refractivity contribution in [1.29, 1.82) is 0 Å². The van der Waals surface area contributed by atoms with Crippen molar-refractivity contribution in [3.05, 3.63) is 65.9 Å². The molecule has 0 atom stereocenters. The zero-order chi connectivity index (χ0) is 16.8. The summed E-state index contributed by atoms with van der Waals surface area (Å²) in [5, 5.41) is 1.15. The van der Waals surface area contributed by atoms with Gasteiger partial charge in [0.25, 0.3) is 0 Å². The molecule has 0 radical (unpaired) electrons. The number of benzene rings is 2. The molecule has 0 aliphatic carbocycles. The van der Waals surface area contributed by atoms with Crippen molar-refractivity contribution >= 4 is 23.1 Å². The third-order valence-electron chi connectivity index (χ3n) is 3.71. The summed E-state index contributed by atoms with van der Waals surface area (Å²) < 4.78 is 11.3. The molecule has 24 heavy (non-hydrogen) atoms. The van der Waals surface area contributed by atoms with Gasteiger partial charge in [0, 0.05) is 11.6 Å². The van der Waals surface area contributed by atoms with Gasteiger partial charge in [-0.15, -0.1) is 0 Å². The first-order valence-corrected chi connectivity index (χ1v) is 8.23. The van der Waals surface area contributed by atoms with Crippen LogP contribution in [0.1, 0.15) is 25.0 Å². The van der Waals surface area contributed by atoms with E-state index < -0.39 is 0 Å². The van der Waals surface area contributed by atoms with Gasteiger partial charge in [-0.3, -0.25) is 4.98 Å². The lowest BCUT2D eigenvalue weighted by Crippen LogP contribution is -1.98. The van der Waals surface area contributed by atoms with Crippen LogP contribution in [-0.2, 0) is 0 Å². The summed E-state index contributed by atoms with van der Waals surface area (Å²) in [7, 11) is 0. The molecule has 3 nitrogen and oxygen atoms in total. The van der Waals surface area contributed by atoms with E-state index in [2.05, 4.69) is 23.2 Å². The Hall–Kier alpha value is -2.81. The fourth-order valence-corrected chi connectivity index (χ4v) is 2.62. The van der Waals surface area contributed by atoms with E-state index in [1.54, 1.807) is 0 Å². The van der Waals surface area contributed by atoms with Crippen LogP contribution in [-0.4, -0.2) is 18.2 Å². The molecule has 1 aromatic heterocycles. The molecule has 0 spiro atoms. The molecule has 0 aliphatic rings. The fourth-order valence-electron chi connectivity index (χ4n) is 2.62. The molecule has 3 aromatic rings. The zero-order valence-corrected chi connectivity index (χ0v) is 14.0. The first kappa shape index (κ1) is 16.1. The maximum atomic E-state index is 5.68. The lowest BCUT2D eigenvalue weighted by atomic mass is 10.1. The minimum atomic E-state index is 0.613. The second-order valence-corrected chi connectivity index (χ2v) is 5.32. The van der Waals surface area contributed by atoms with Crippen LogP contribution in [0.4, 0.5) is 0 Å². The highest BCUT2D eigenvalue weighted by atomic mass is 16.5. The molecule has 2 aromatic carbocycles. The highest BCUT2D eigenvalue weighted by molar-refractivity contribution is 5.90. The van der Waals surface area contributed by atoms with E-state index in [4.69, 9.17) is 9.47 Å². The van der Waals surface area contributed by atoms with Crippen LogP contribution in [0.15, 0.2) is 54.7 Å². The molecule has 0 aliphatic heterocycles. The van der Waals surface area contributed by atoms with Gasteiger partial charge in [-0.25, -0.2) is 0 Å². The van der Waals surface area contributed by atoms with E-state index in [1.165, 1.54) is 0 Å². The maximum Gasteiger partial charge on any atom is 0.161 e. The topological polar surface area (TPSA) is 31.4 Å². The van der Waals surface area contributed by atoms with Crippen LogP contribution in [0, 0.1) is 0 Å². The molecule has 0 amide bonds. The predicted molar refractivity (Wildman–Crippen MR) is 99.5 cm³/mol. The lowest BCUT2D eigenvalue weighted by molar-refractivity contribution is 0.287. The molecule has 0 bridgehead atoms. The van der Waals surface area contributed by atoms with Gasteiger partial charge in [0.05, 0.1) is 18.7 Å². The third kappa shape index (κ3) is 3.57. The van der Waals surface area contributed by atoms with E-state index in [9.17, 15) is 0 Å². The Kier molecular flexibility index (Phi) is 5.12.